The van der Waals surface area contributed by atoms with E-state index in [1.54, 1.807) is 11.3 Å². The standard InChI is InChI=1S/C19H22N2O2S/c22-18(6-1-4-17-5-3-13-24-17)20-14-15-8-10-16(11-9-15)21-12-2-7-19(21)23/h3,5,8-11,13H,1-2,4,6-7,12,14H2,(H,20,22). The molecule has 24 heavy (non-hydrogen) atoms. The number of aryl methyl sites for hydroxylation is 1. The van der Waals surface area contributed by atoms with Crippen molar-refractivity contribution >= 4 is 28.8 Å². The van der Waals surface area contributed by atoms with E-state index in [9.17, 15) is 9.59 Å². The number of hydrogen-bond donors (Lipinski definition) is 1. The number of amides is 2. The number of thiophene rings is 1. The first kappa shape index (κ1) is 16.7. The molecule has 0 atom stereocenters. The minimum absolute atomic E-state index is 0.0883. The molecule has 0 radical (unpaired) electrons. The van der Waals surface area contributed by atoms with Crippen LogP contribution in [-0.4, -0.2) is 18.4 Å². The Morgan fingerprint density at radius 1 is 1.21 bits per heavy atom. The fourth-order valence-corrected chi connectivity index (χ4v) is 3.63. The van der Waals surface area contributed by atoms with Crippen molar-refractivity contribution in [3.8, 4) is 0 Å². The van der Waals surface area contributed by atoms with E-state index in [0.29, 0.717) is 19.4 Å². The fraction of sp³-hybridized carbons (Fsp3) is 0.368. The zero-order chi connectivity index (χ0) is 16.8. The second kappa shape index (κ2) is 8.11. The van der Waals surface area contributed by atoms with E-state index in [4.69, 9.17) is 0 Å². The lowest BCUT2D eigenvalue weighted by Crippen LogP contribution is -2.24. The number of benzene rings is 1. The number of hydrogen-bond acceptors (Lipinski definition) is 3. The molecule has 1 N–H and O–H groups in total. The monoisotopic (exact) mass is 342 g/mol. The molecule has 2 aromatic rings. The van der Waals surface area contributed by atoms with Crippen LogP contribution in [0.3, 0.4) is 0 Å². The van der Waals surface area contributed by atoms with Gasteiger partial charge in [-0.3, -0.25) is 9.59 Å². The average molecular weight is 342 g/mol. The van der Waals surface area contributed by atoms with Gasteiger partial charge in [0.2, 0.25) is 11.8 Å². The van der Waals surface area contributed by atoms with Gasteiger partial charge in [-0.1, -0.05) is 18.2 Å². The Hall–Kier alpha value is -2.14. The Morgan fingerprint density at radius 3 is 2.71 bits per heavy atom. The van der Waals surface area contributed by atoms with Gasteiger partial charge in [0.15, 0.2) is 0 Å². The van der Waals surface area contributed by atoms with Crippen molar-refractivity contribution in [2.75, 3.05) is 11.4 Å². The summed E-state index contributed by atoms with van der Waals surface area (Å²) in [6.07, 6.45) is 3.97. The fourth-order valence-electron chi connectivity index (χ4n) is 2.88. The third-order valence-corrected chi connectivity index (χ3v) is 5.15. The molecule has 1 saturated heterocycles. The Balaban J connectivity index is 1.41. The van der Waals surface area contributed by atoms with Crippen LogP contribution in [0.15, 0.2) is 41.8 Å². The van der Waals surface area contributed by atoms with Crippen LogP contribution in [0.2, 0.25) is 0 Å². The Morgan fingerprint density at radius 2 is 2.04 bits per heavy atom. The molecule has 2 heterocycles. The van der Waals surface area contributed by atoms with E-state index < -0.39 is 0 Å². The van der Waals surface area contributed by atoms with Gasteiger partial charge >= 0.3 is 0 Å². The van der Waals surface area contributed by atoms with Crippen LogP contribution in [0.4, 0.5) is 5.69 Å². The van der Waals surface area contributed by atoms with Crippen molar-refractivity contribution in [1.82, 2.24) is 5.32 Å². The highest BCUT2D eigenvalue weighted by Crippen LogP contribution is 2.21. The molecule has 0 spiro atoms. The van der Waals surface area contributed by atoms with Gasteiger partial charge in [0.25, 0.3) is 0 Å². The lowest BCUT2D eigenvalue weighted by atomic mass is 10.1. The van der Waals surface area contributed by atoms with Gasteiger partial charge in [-0.05, 0) is 48.4 Å². The van der Waals surface area contributed by atoms with E-state index in [-0.39, 0.29) is 11.8 Å². The van der Waals surface area contributed by atoms with Crippen molar-refractivity contribution in [1.29, 1.82) is 0 Å². The molecule has 1 fully saturated rings. The van der Waals surface area contributed by atoms with E-state index in [2.05, 4.69) is 16.8 Å². The lowest BCUT2D eigenvalue weighted by molar-refractivity contribution is -0.121. The van der Waals surface area contributed by atoms with Crippen molar-refractivity contribution < 1.29 is 9.59 Å². The maximum absolute atomic E-state index is 11.9. The quantitative estimate of drug-likeness (QED) is 0.837. The molecule has 1 aliphatic heterocycles. The maximum atomic E-state index is 11.9. The van der Waals surface area contributed by atoms with E-state index >= 15 is 0 Å². The third-order valence-electron chi connectivity index (χ3n) is 4.22. The number of carbonyl (C=O) groups is 2. The Bertz CT molecular complexity index is 680. The van der Waals surface area contributed by atoms with Crippen molar-refractivity contribution in [3.63, 3.8) is 0 Å². The van der Waals surface area contributed by atoms with Gasteiger partial charge in [-0.25, -0.2) is 0 Å². The molecular weight excluding hydrogens is 320 g/mol. The van der Waals surface area contributed by atoms with Gasteiger partial charge in [0.1, 0.15) is 0 Å². The molecule has 3 rings (SSSR count). The largest absolute Gasteiger partial charge is 0.352 e. The number of anilines is 1. The second-order valence-corrected chi connectivity index (χ2v) is 7.06. The van der Waals surface area contributed by atoms with Gasteiger partial charge in [0.05, 0.1) is 0 Å². The molecule has 126 valence electrons. The zero-order valence-electron chi connectivity index (χ0n) is 13.7. The van der Waals surface area contributed by atoms with Gasteiger partial charge in [-0.15, -0.1) is 11.3 Å². The van der Waals surface area contributed by atoms with Crippen LogP contribution in [0, 0.1) is 0 Å². The first-order valence-corrected chi connectivity index (χ1v) is 9.29. The second-order valence-electron chi connectivity index (χ2n) is 6.03. The van der Waals surface area contributed by atoms with E-state index in [1.165, 1.54) is 4.88 Å². The van der Waals surface area contributed by atoms with Crippen LogP contribution < -0.4 is 10.2 Å². The topological polar surface area (TPSA) is 49.4 Å². The van der Waals surface area contributed by atoms with Gasteiger partial charge in [-0.2, -0.15) is 0 Å². The predicted octanol–water partition coefficient (Wildman–Crippen LogP) is 3.51. The first-order valence-electron chi connectivity index (χ1n) is 8.41. The van der Waals surface area contributed by atoms with Crippen molar-refractivity contribution in [3.05, 3.63) is 52.2 Å². The number of carbonyl (C=O) groups excluding carboxylic acids is 2. The maximum Gasteiger partial charge on any atom is 0.227 e. The Labute approximate surface area is 146 Å². The van der Waals surface area contributed by atoms with E-state index in [1.807, 2.05) is 35.2 Å². The normalized spacial score (nSPS) is 14.2. The smallest absolute Gasteiger partial charge is 0.227 e. The molecular formula is C19H22N2O2S. The highest BCUT2D eigenvalue weighted by molar-refractivity contribution is 7.09. The third kappa shape index (κ3) is 4.45. The molecule has 1 aliphatic rings. The molecule has 0 bridgehead atoms. The van der Waals surface area contributed by atoms with Crippen LogP contribution in [0.1, 0.15) is 36.1 Å². The van der Waals surface area contributed by atoms with Crippen LogP contribution in [-0.2, 0) is 22.6 Å². The minimum Gasteiger partial charge on any atom is -0.352 e. The molecule has 1 aromatic carbocycles. The first-order chi connectivity index (χ1) is 11.7. The lowest BCUT2D eigenvalue weighted by Gasteiger charge is -2.16. The van der Waals surface area contributed by atoms with Crippen molar-refractivity contribution in [2.24, 2.45) is 0 Å². The number of nitrogens with one attached hydrogen (secondary N) is 1. The highest BCUT2D eigenvalue weighted by Gasteiger charge is 2.21. The number of rotatable bonds is 7. The molecule has 0 aliphatic carbocycles. The van der Waals surface area contributed by atoms with Crippen LogP contribution in [0.5, 0.6) is 0 Å². The summed E-state index contributed by atoms with van der Waals surface area (Å²) in [6.45, 7) is 1.34. The molecule has 4 nitrogen and oxygen atoms in total. The molecule has 0 saturated carbocycles. The summed E-state index contributed by atoms with van der Waals surface area (Å²) in [5.74, 6) is 0.284. The minimum atomic E-state index is 0.0883. The highest BCUT2D eigenvalue weighted by atomic mass is 32.1. The summed E-state index contributed by atoms with van der Waals surface area (Å²) in [4.78, 5) is 26.8. The summed E-state index contributed by atoms with van der Waals surface area (Å²) in [5.41, 5.74) is 2.00. The van der Waals surface area contributed by atoms with Gasteiger partial charge < -0.3 is 10.2 Å². The van der Waals surface area contributed by atoms with Crippen LogP contribution in [0.25, 0.3) is 0 Å². The van der Waals surface area contributed by atoms with Crippen LogP contribution >= 0.6 is 11.3 Å². The molecule has 5 heteroatoms. The summed E-state index contributed by atoms with van der Waals surface area (Å²) >= 11 is 1.74. The molecule has 2 amide bonds. The summed E-state index contributed by atoms with van der Waals surface area (Å²) in [6, 6.07) is 12.0. The van der Waals surface area contributed by atoms with Gasteiger partial charge in [0, 0.05) is 36.5 Å². The SMILES string of the molecule is O=C(CCCc1cccs1)NCc1ccc(N2CCCC2=O)cc1. The summed E-state index contributed by atoms with van der Waals surface area (Å²) in [5, 5.41) is 5.03. The zero-order valence-corrected chi connectivity index (χ0v) is 14.5. The van der Waals surface area contributed by atoms with Crippen molar-refractivity contribution in [2.45, 2.75) is 38.6 Å². The van der Waals surface area contributed by atoms with E-state index in [0.717, 1.165) is 37.1 Å². The molecule has 0 unspecified atom stereocenters. The predicted molar refractivity (Wildman–Crippen MR) is 97.1 cm³/mol. The summed E-state index contributed by atoms with van der Waals surface area (Å²) in [7, 11) is 0. The summed E-state index contributed by atoms with van der Waals surface area (Å²) < 4.78 is 0. The Kier molecular flexibility index (Phi) is 5.64. The average Bonchev–Trinajstić information content (AvgIpc) is 3.25. The number of nitrogens with zero attached hydrogens (tertiary/aromatic N) is 1. The molecule has 1 aromatic heterocycles.